The van der Waals surface area contributed by atoms with Crippen LogP contribution in [0.3, 0.4) is 0 Å². The highest BCUT2D eigenvalue weighted by molar-refractivity contribution is 8.01. The molecule has 2 aromatic heterocycles. The fourth-order valence-electron chi connectivity index (χ4n) is 1.19. The van der Waals surface area contributed by atoms with Crippen molar-refractivity contribution in [3.8, 4) is 0 Å². The number of rotatable bonds is 4. The molecule has 0 atom stereocenters. The molecule has 0 saturated heterocycles. The maximum atomic E-state index is 11.2. The largest absolute Gasteiger partial charge is 0.311 e. The number of nitrogens with zero attached hydrogens (tertiary/aromatic N) is 4. The van der Waals surface area contributed by atoms with E-state index in [-0.39, 0.29) is 11.5 Å². The number of thiophene rings is 1. The molecule has 0 N–H and O–H groups in total. The Hall–Kier alpha value is -1.74. The molecule has 0 bridgehead atoms. The van der Waals surface area contributed by atoms with Gasteiger partial charge < -0.3 is 4.57 Å². The van der Waals surface area contributed by atoms with Crippen molar-refractivity contribution < 1.29 is 9.72 Å². The van der Waals surface area contributed by atoms with E-state index >= 15 is 0 Å². The first kappa shape index (κ1) is 12.7. The molecular weight excluding hydrogens is 276 g/mol. The Morgan fingerprint density at radius 1 is 1.61 bits per heavy atom. The average Bonchev–Trinajstić information content (AvgIpc) is 2.87. The second-order valence-corrected chi connectivity index (χ2v) is 5.71. The molecule has 0 saturated carbocycles. The summed E-state index contributed by atoms with van der Waals surface area (Å²) in [5, 5.41) is 19.0. The first-order chi connectivity index (χ1) is 8.49. The molecule has 9 heteroatoms. The van der Waals surface area contributed by atoms with Gasteiger partial charge in [0, 0.05) is 13.1 Å². The zero-order valence-corrected chi connectivity index (χ0v) is 11.1. The number of ketones is 1. The highest BCUT2D eigenvalue weighted by atomic mass is 32.2. The van der Waals surface area contributed by atoms with Crippen molar-refractivity contribution in [3.05, 3.63) is 27.4 Å². The highest BCUT2D eigenvalue weighted by Gasteiger charge is 2.23. The van der Waals surface area contributed by atoms with Gasteiger partial charge in [-0.15, -0.1) is 21.5 Å². The lowest BCUT2D eigenvalue weighted by Gasteiger charge is -1.96. The van der Waals surface area contributed by atoms with Crippen LogP contribution < -0.4 is 0 Å². The molecular formula is C9H8N4O3S2. The second-order valence-electron chi connectivity index (χ2n) is 3.42. The van der Waals surface area contributed by atoms with Crippen LogP contribution in [0.15, 0.2) is 21.8 Å². The van der Waals surface area contributed by atoms with E-state index in [0.717, 1.165) is 23.1 Å². The average molecular weight is 284 g/mol. The Kier molecular flexibility index (Phi) is 3.43. The maximum absolute atomic E-state index is 11.2. The quantitative estimate of drug-likeness (QED) is 0.485. The van der Waals surface area contributed by atoms with Crippen molar-refractivity contribution in [3.63, 3.8) is 0 Å². The SMILES string of the molecule is CC(=O)c1cc([N+](=O)[O-])c(Sc2nncn2C)s1. The van der Waals surface area contributed by atoms with E-state index in [2.05, 4.69) is 10.2 Å². The molecule has 0 aliphatic rings. The maximum Gasteiger partial charge on any atom is 0.294 e. The summed E-state index contributed by atoms with van der Waals surface area (Å²) >= 11 is 2.22. The van der Waals surface area contributed by atoms with Crippen LogP contribution in [0, 0.1) is 10.1 Å². The molecule has 94 valence electrons. The fourth-order valence-corrected chi connectivity index (χ4v) is 3.28. The molecule has 7 nitrogen and oxygen atoms in total. The number of Topliss-reactive ketones (excluding diaryl/α,β-unsaturated/α-hetero) is 1. The molecule has 0 aliphatic heterocycles. The van der Waals surface area contributed by atoms with Crippen molar-refractivity contribution in [2.75, 3.05) is 0 Å². The summed E-state index contributed by atoms with van der Waals surface area (Å²) in [5.74, 6) is -0.187. The number of carbonyl (C=O) groups excluding carboxylic acids is 1. The molecule has 0 fully saturated rings. The molecule has 2 rings (SSSR count). The normalized spacial score (nSPS) is 10.6. The predicted octanol–water partition coefficient (Wildman–Crippen LogP) is 2.14. The Morgan fingerprint density at radius 3 is 2.83 bits per heavy atom. The lowest BCUT2D eigenvalue weighted by atomic mass is 10.3. The minimum absolute atomic E-state index is 0.0711. The van der Waals surface area contributed by atoms with Gasteiger partial charge >= 0.3 is 0 Å². The monoisotopic (exact) mass is 284 g/mol. The summed E-state index contributed by atoms with van der Waals surface area (Å²) in [6.45, 7) is 1.38. The van der Waals surface area contributed by atoms with Crippen LogP contribution in [0.25, 0.3) is 0 Å². The smallest absolute Gasteiger partial charge is 0.294 e. The summed E-state index contributed by atoms with van der Waals surface area (Å²) in [4.78, 5) is 22.0. The molecule has 0 aliphatic carbocycles. The van der Waals surface area contributed by atoms with Crippen LogP contribution in [-0.2, 0) is 7.05 Å². The van der Waals surface area contributed by atoms with Crippen molar-refractivity contribution in [1.29, 1.82) is 0 Å². The molecule has 0 amide bonds. The summed E-state index contributed by atoms with van der Waals surface area (Å²) in [6, 6.07) is 1.30. The zero-order chi connectivity index (χ0) is 13.3. The van der Waals surface area contributed by atoms with Crippen molar-refractivity contribution in [2.24, 2.45) is 7.05 Å². The van der Waals surface area contributed by atoms with E-state index in [9.17, 15) is 14.9 Å². The van der Waals surface area contributed by atoms with Crippen LogP contribution in [-0.4, -0.2) is 25.5 Å². The van der Waals surface area contributed by atoms with E-state index in [1.165, 1.54) is 19.3 Å². The molecule has 2 heterocycles. The van der Waals surface area contributed by atoms with Gasteiger partial charge in [0.15, 0.2) is 10.9 Å². The Balaban J connectivity index is 2.40. The Labute approximate surface area is 110 Å². The zero-order valence-electron chi connectivity index (χ0n) is 9.48. The lowest BCUT2D eigenvalue weighted by Crippen LogP contribution is -1.90. The minimum Gasteiger partial charge on any atom is -0.311 e. The van der Waals surface area contributed by atoms with Crippen LogP contribution in [0.4, 0.5) is 5.69 Å². The van der Waals surface area contributed by atoms with Gasteiger partial charge in [0.05, 0.1) is 9.80 Å². The lowest BCUT2D eigenvalue weighted by molar-refractivity contribution is -0.387. The number of nitro groups is 1. The number of aromatic nitrogens is 3. The van der Waals surface area contributed by atoms with Crippen molar-refractivity contribution in [2.45, 2.75) is 16.3 Å². The second kappa shape index (κ2) is 4.86. The third kappa shape index (κ3) is 2.41. The number of hydrogen-bond acceptors (Lipinski definition) is 7. The van der Waals surface area contributed by atoms with Gasteiger partial charge in [-0.05, 0) is 18.7 Å². The first-order valence-corrected chi connectivity index (χ1v) is 6.43. The number of aryl methyl sites for hydroxylation is 1. The number of carbonyl (C=O) groups is 1. The molecule has 0 radical (unpaired) electrons. The van der Waals surface area contributed by atoms with Crippen LogP contribution in [0.5, 0.6) is 0 Å². The van der Waals surface area contributed by atoms with E-state index in [1.54, 1.807) is 11.6 Å². The Morgan fingerprint density at radius 2 is 2.33 bits per heavy atom. The molecule has 2 aromatic rings. The van der Waals surface area contributed by atoms with Gasteiger partial charge in [0.25, 0.3) is 5.69 Å². The molecule has 0 aromatic carbocycles. The summed E-state index contributed by atoms with van der Waals surface area (Å²) < 4.78 is 2.09. The highest BCUT2D eigenvalue weighted by Crippen LogP contribution is 2.40. The standard InChI is InChI=1S/C9H8N4O3S2/c1-5(14)7-3-6(13(15)16)8(17-7)18-9-11-10-4-12(9)2/h3-4H,1-2H3. The molecule has 0 spiro atoms. The third-order valence-corrected chi connectivity index (χ3v) is 4.54. The summed E-state index contributed by atoms with van der Waals surface area (Å²) in [6.07, 6.45) is 1.51. The van der Waals surface area contributed by atoms with Crippen molar-refractivity contribution >= 4 is 34.6 Å². The third-order valence-electron chi connectivity index (χ3n) is 2.08. The molecule has 18 heavy (non-hydrogen) atoms. The van der Waals surface area contributed by atoms with E-state index in [1.807, 2.05) is 0 Å². The van der Waals surface area contributed by atoms with Crippen LogP contribution >= 0.6 is 23.1 Å². The summed E-state index contributed by atoms with van der Waals surface area (Å²) in [7, 11) is 1.74. The minimum atomic E-state index is -0.498. The molecule has 0 unspecified atom stereocenters. The van der Waals surface area contributed by atoms with E-state index in [4.69, 9.17) is 0 Å². The summed E-state index contributed by atoms with van der Waals surface area (Å²) in [5.41, 5.74) is -0.0711. The van der Waals surface area contributed by atoms with Crippen molar-refractivity contribution in [1.82, 2.24) is 14.8 Å². The number of hydrogen-bond donors (Lipinski definition) is 0. The predicted molar refractivity (Wildman–Crippen MR) is 66.1 cm³/mol. The Bertz CT molecular complexity index is 619. The van der Waals surface area contributed by atoms with E-state index < -0.39 is 4.92 Å². The first-order valence-electron chi connectivity index (χ1n) is 4.80. The van der Waals surface area contributed by atoms with Gasteiger partial charge in [0.2, 0.25) is 0 Å². The van der Waals surface area contributed by atoms with Gasteiger partial charge in [-0.3, -0.25) is 14.9 Å². The van der Waals surface area contributed by atoms with E-state index in [0.29, 0.717) is 14.2 Å². The topological polar surface area (TPSA) is 90.9 Å². The van der Waals surface area contributed by atoms with Gasteiger partial charge in [0.1, 0.15) is 10.5 Å². The van der Waals surface area contributed by atoms with Crippen LogP contribution in [0.1, 0.15) is 16.6 Å². The van der Waals surface area contributed by atoms with Gasteiger partial charge in [-0.2, -0.15) is 0 Å². The van der Waals surface area contributed by atoms with Gasteiger partial charge in [-0.1, -0.05) is 0 Å². The van der Waals surface area contributed by atoms with Crippen LogP contribution in [0.2, 0.25) is 0 Å². The van der Waals surface area contributed by atoms with Gasteiger partial charge in [-0.25, -0.2) is 0 Å². The fraction of sp³-hybridized carbons (Fsp3) is 0.222.